The lowest BCUT2D eigenvalue weighted by atomic mass is 10.2. The van der Waals surface area contributed by atoms with Crippen LogP contribution in [-0.4, -0.2) is 17.1 Å². The van der Waals surface area contributed by atoms with Crippen molar-refractivity contribution in [2.24, 2.45) is 0 Å². The van der Waals surface area contributed by atoms with E-state index in [0.717, 1.165) is 16.8 Å². The number of carbonyl (C=O) groups excluding carboxylic acids is 1. The number of benzene rings is 1. The number of pyridine rings is 1. The zero-order valence-electron chi connectivity index (χ0n) is 14.5. The Bertz CT molecular complexity index is 1150. The summed E-state index contributed by atoms with van der Waals surface area (Å²) in [5, 5.41) is 7.96. The number of esters is 1. The van der Waals surface area contributed by atoms with E-state index in [-0.39, 0.29) is 12.2 Å². The fourth-order valence-corrected chi connectivity index (χ4v) is 4.63. The number of hydrogen-bond acceptors (Lipinski definition) is 6. The van der Waals surface area contributed by atoms with Gasteiger partial charge in [0.15, 0.2) is 0 Å². The van der Waals surface area contributed by atoms with Gasteiger partial charge in [-0.15, -0.1) is 11.3 Å². The number of ether oxygens (including phenoxy) is 1. The van der Waals surface area contributed by atoms with Crippen LogP contribution in [0.4, 0.5) is 11.4 Å². The molecule has 0 aliphatic heterocycles. The highest BCUT2D eigenvalue weighted by Gasteiger charge is 2.22. The van der Waals surface area contributed by atoms with Crippen LogP contribution in [0.2, 0.25) is 0 Å². The Kier molecular flexibility index (Phi) is 4.79. The van der Waals surface area contributed by atoms with Gasteiger partial charge in [-0.1, -0.05) is 18.2 Å². The van der Waals surface area contributed by atoms with Crippen LogP contribution in [0.15, 0.2) is 64.1 Å². The molecule has 0 saturated heterocycles. The summed E-state index contributed by atoms with van der Waals surface area (Å²) >= 11 is 2.78. The second-order valence-corrected chi connectivity index (χ2v) is 7.50. The van der Waals surface area contributed by atoms with E-state index in [0.29, 0.717) is 15.4 Å². The van der Waals surface area contributed by atoms with Crippen molar-refractivity contribution in [1.82, 2.24) is 4.57 Å². The quantitative estimate of drug-likeness (QED) is 0.481. The molecule has 0 aliphatic rings. The Morgan fingerprint density at radius 3 is 2.67 bits per heavy atom. The molecule has 0 unspecified atom stereocenters. The van der Waals surface area contributed by atoms with Crippen molar-refractivity contribution >= 4 is 50.2 Å². The van der Waals surface area contributed by atoms with Crippen molar-refractivity contribution in [3.05, 3.63) is 74.5 Å². The summed E-state index contributed by atoms with van der Waals surface area (Å²) in [6.07, 6.45) is 0. The molecule has 1 N–H and O–H groups in total. The molecule has 4 rings (SSSR count). The van der Waals surface area contributed by atoms with E-state index in [1.54, 1.807) is 17.6 Å². The second-order valence-electron chi connectivity index (χ2n) is 5.73. The summed E-state index contributed by atoms with van der Waals surface area (Å²) in [4.78, 5) is 26.3. The van der Waals surface area contributed by atoms with E-state index < -0.39 is 5.97 Å². The average Bonchev–Trinajstić information content (AvgIpc) is 3.31. The first-order valence-electron chi connectivity index (χ1n) is 8.39. The molecule has 136 valence electrons. The number of hydrogen-bond donors (Lipinski definition) is 1. The van der Waals surface area contributed by atoms with Crippen molar-refractivity contribution < 1.29 is 9.53 Å². The number of nitrogens with one attached hydrogen (secondary N) is 1. The molecule has 5 nitrogen and oxygen atoms in total. The Morgan fingerprint density at radius 2 is 1.96 bits per heavy atom. The smallest absolute Gasteiger partial charge is 0.350 e. The summed E-state index contributed by atoms with van der Waals surface area (Å²) in [7, 11) is 0. The third kappa shape index (κ3) is 3.27. The van der Waals surface area contributed by atoms with Gasteiger partial charge < -0.3 is 10.1 Å². The normalized spacial score (nSPS) is 10.9. The third-order valence-corrected chi connectivity index (χ3v) is 5.85. The maximum atomic E-state index is 12.6. The van der Waals surface area contributed by atoms with E-state index in [2.05, 4.69) is 5.32 Å². The van der Waals surface area contributed by atoms with E-state index in [4.69, 9.17) is 4.74 Å². The molecule has 0 fully saturated rings. The molecule has 0 radical (unpaired) electrons. The number of aromatic nitrogens is 1. The highest BCUT2D eigenvalue weighted by atomic mass is 32.1. The van der Waals surface area contributed by atoms with Gasteiger partial charge in [0.2, 0.25) is 0 Å². The molecule has 3 aromatic heterocycles. The fraction of sp³-hybridized carbons (Fsp3) is 0.100. The zero-order chi connectivity index (χ0) is 18.8. The molecule has 3 heterocycles. The van der Waals surface area contributed by atoms with Gasteiger partial charge in [-0.2, -0.15) is 11.3 Å². The SMILES string of the molecule is CCOC(=O)c1sc2c(ccc(=O)n2-c2ccsc2)c1Nc1ccccc1. The molecule has 1 aromatic carbocycles. The molecular formula is C20H16N2O3S2. The Morgan fingerprint density at radius 1 is 1.15 bits per heavy atom. The minimum atomic E-state index is -0.401. The van der Waals surface area contributed by atoms with Gasteiger partial charge in [-0.3, -0.25) is 9.36 Å². The summed E-state index contributed by atoms with van der Waals surface area (Å²) in [5.41, 5.74) is 2.17. The van der Waals surface area contributed by atoms with Gasteiger partial charge in [-0.05, 0) is 36.6 Å². The molecule has 7 heteroatoms. The van der Waals surface area contributed by atoms with E-state index in [1.807, 2.05) is 47.2 Å². The molecule has 27 heavy (non-hydrogen) atoms. The number of anilines is 2. The van der Waals surface area contributed by atoms with Crippen molar-refractivity contribution in [2.75, 3.05) is 11.9 Å². The average molecular weight is 396 g/mol. The molecule has 0 spiro atoms. The number of para-hydroxylation sites is 1. The minimum absolute atomic E-state index is 0.135. The summed E-state index contributed by atoms with van der Waals surface area (Å²) in [5.74, 6) is -0.401. The summed E-state index contributed by atoms with van der Waals surface area (Å²) in [6, 6.07) is 14.8. The van der Waals surface area contributed by atoms with Crippen LogP contribution in [0.1, 0.15) is 16.6 Å². The second kappa shape index (κ2) is 7.38. The monoisotopic (exact) mass is 396 g/mol. The Hall–Kier alpha value is -2.90. The Balaban J connectivity index is 1.96. The van der Waals surface area contributed by atoms with Crippen LogP contribution in [-0.2, 0) is 4.74 Å². The van der Waals surface area contributed by atoms with E-state index in [9.17, 15) is 9.59 Å². The van der Waals surface area contributed by atoms with Gasteiger partial charge in [0.25, 0.3) is 5.56 Å². The summed E-state index contributed by atoms with van der Waals surface area (Å²) in [6.45, 7) is 2.06. The molecule has 0 atom stereocenters. The van der Waals surface area contributed by atoms with Crippen LogP contribution in [0.3, 0.4) is 0 Å². The number of thiophene rings is 2. The summed E-state index contributed by atoms with van der Waals surface area (Å²) < 4.78 is 6.88. The predicted molar refractivity (Wildman–Crippen MR) is 111 cm³/mol. The fourth-order valence-electron chi connectivity index (χ4n) is 2.84. The molecule has 0 aliphatic carbocycles. The zero-order valence-corrected chi connectivity index (χ0v) is 16.1. The standard InChI is InChI=1S/C20H16N2O3S2/c1-2-25-20(24)18-17(21-13-6-4-3-5-7-13)15-8-9-16(23)22(19(15)27-18)14-10-11-26-12-14/h3-12,21H,2H2,1H3. The van der Waals surface area contributed by atoms with Crippen LogP contribution >= 0.6 is 22.7 Å². The molecule has 0 amide bonds. The lowest BCUT2D eigenvalue weighted by molar-refractivity contribution is 0.0533. The molecule has 0 saturated carbocycles. The van der Waals surface area contributed by atoms with Gasteiger partial charge in [0.1, 0.15) is 9.71 Å². The first kappa shape index (κ1) is 17.5. The van der Waals surface area contributed by atoms with Gasteiger partial charge in [-0.25, -0.2) is 4.79 Å². The first-order valence-corrected chi connectivity index (χ1v) is 10.1. The van der Waals surface area contributed by atoms with Crippen LogP contribution in [0.25, 0.3) is 15.9 Å². The third-order valence-electron chi connectivity index (χ3n) is 4.01. The van der Waals surface area contributed by atoms with Crippen molar-refractivity contribution in [3.8, 4) is 5.69 Å². The van der Waals surface area contributed by atoms with Crippen LogP contribution in [0, 0.1) is 0 Å². The largest absolute Gasteiger partial charge is 0.462 e. The van der Waals surface area contributed by atoms with Gasteiger partial charge in [0.05, 0.1) is 18.0 Å². The van der Waals surface area contributed by atoms with Crippen LogP contribution in [0.5, 0.6) is 0 Å². The topological polar surface area (TPSA) is 60.3 Å². The lowest BCUT2D eigenvalue weighted by Gasteiger charge is -2.08. The number of fused-ring (bicyclic) bond motifs is 1. The lowest BCUT2D eigenvalue weighted by Crippen LogP contribution is -2.15. The highest BCUT2D eigenvalue weighted by molar-refractivity contribution is 7.21. The van der Waals surface area contributed by atoms with Crippen LogP contribution < -0.4 is 10.9 Å². The first-order chi connectivity index (χ1) is 13.2. The van der Waals surface area contributed by atoms with Crippen molar-refractivity contribution in [3.63, 3.8) is 0 Å². The predicted octanol–water partition coefficient (Wildman–Crippen LogP) is 5.03. The Labute approximate surface area is 163 Å². The van der Waals surface area contributed by atoms with Gasteiger partial charge >= 0.3 is 5.97 Å². The molecule has 0 bridgehead atoms. The number of nitrogens with zero attached hydrogens (tertiary/aromatic N) is 1. The number of rotatable bonds is 5. The highest BCUT2D eigenvalue weighted by Crippen LogP contribution is 2.38. The van der Waals surface area contributed by atoms with Crippen molar-refractivity contribution in [2.45, 2.75) is 6.92 Å². The van der Waals surface area contributed by atoms with Crippen molar-refractivity contribution in [1.29, 1.82) is 0 Å². The maximum absolute atomic E-state index is 12.6. The van der Waals surface area contributed by atoms with E-state index in [1.165, 1.54) is 28.7 Å². The number of carbonyl (C=O) groups is 1. The maximum Gasteiger partial charge on any atom is 0.350 e. The van der Waals surface area contributed by atoms with Gasteiger partial charge in [0, 0.05) is 22.5 Å². The molecule has 4 aromatic rings. The van der Waals surface area contributed by atoms with E-state index >= 15 is 0 Å². The minimum Gasteiger partial charge on any atom is -0.462 e. The molecular weight excluding hydrogens is 380 g/mol.